The van der Waals surface area contributed by atoms with Gasteiger partial charge in [0.2, 0.25) is 17.7 Å². The summed E-state index contributed by atoms with van der Waals surface area (Å²) >= 11 is 0. The van der Waals surface area contributed by atoms with Gasteiger partial charge in [-0.25, -0.2) is 0 Å². The van der Waals surface area contributed by atoms with Gasteiger partial charge >= 0.3 is 6.18 Å². The molecule has 3 atom stereocenters. The van der Waals surface area contributed by atoms with Gasteiger partial charge in [0.15, 0.2) is 0 Å². The SMILES string of the molecule is CCN1C(=O)CC(CC(=O)N2C[C@@H](C)O[C@@H](C)C2)(c2cccc(C(F)(F)F)c2)C1=O. The van der Waals surface area contributed by atoms with Gasteiger partial charge in [-0.15, -0.1) is 0 Å². The molecular weight excluding hydrogens is 401 g/mol. The van der Waals surface area contributed by atoms with Gasteiger partial charge in [-0.1, -0.05) is 18.2 Å². The maximum Gasteiger partial charge on any atom is 0.416 e. The molecule has 1 unspecified atom stereocenters. The molecule has 2 aliphatic heterocycles. The molecule has 2 fully saturated rings. The Morgan fingerprint density at radius 1 is 1.20 bits per heavy atom. The summed E-state index contributed by atoms with van der Waals surface area (Å²) < 4.78 is 45.5. The van der Waals surface area contributed by atoms with E-state index in [2.05, 4.69) is 0 Å². The Morgan fingerprint density at radius 2 is 1.83 bits per heavy atom. The fourth-order valence-corrected chi connectivity index (χ4v) is 4.33. The van der Waals surface area contributed by atoms with Crippen molar-refractivity contribution in [2.24, 2.45) is 0 Å². The van der Waals surface area contributed by atoms with Crippen LogP contribution in [0.4, 0.5) is 13.2 Å². The van der Waals surface area contributed by atoms with Gasteiger partial charge < -0.3 is 9.64 Å². The van der Waals surface area contributed by atoms with Crippen molar-refractivity contribution >= 4 is 17.7 Å². The number of likely N-dealkylation sites (tertiary alicyclic amines) is 1. The maximum atomic E-state index is 13.3. The Kier molecular flexibility index (Phi) is 5.95. The van der Waals surface area contributed by atoms with Crippen LogP contribution in [-0.2, 0) is 30.7 Å². The molecule has 0 N–H and O–H groups in total. The molecule has 6 nitrogen and oxygen atoms in total. The molecule has 3 amide bonds. The number of nitrogens with zero attached hydrogens (tertiary/aromatic N) is 2. The van der Waals surface area contributed by atoms with Crippen molar-refractivity contribution in [2.45, 2.75) is 57.4 Å². The number of carbonyl (C=O) groups excluding carboxylic acids is 3. The number of hydrogen-bond acceptors (Lipinski definition) is 4. The summed E-state index contributed by atoms with van der Waals surface area (Å²) in [6.45, 7) is 6.00. The lowest BCUT2D eigenvalue weighted by molar-refractivity contribution is -0.148. The number of carbonyl (C=O) groups is 3. The predicted octanol–water partition coefficient (Wildman–Crippen LogP) is 2.75. The molecule has 9 heteroatoms. The molecule has 2 saturated heterocycles. The molecule has 3 rings (SSSR count). The average Bonchev–Trinajstić information content (AvgIpc) is 2.90. The Bertz CT molecular complexity index is 847. The Labute approximate surface area is 173 Å². The lowest BCUT2D eigenvalue weighted by atomic mass is 9.75. The number of benzene rings is 1. The first-order chi connectivity index (χ1) is 14.0. The van der Waals surface area contributed by atoms with Gasteiger partial charge in [-0.2, -0.15) is 13.2 Å². The molecule has 2 aliphatic rings. The number of ether oxygens (including phenoxy) is 1. The van der Waals surface area contributed by atoms with Crippen LogP contribution in [0.5, 0.6) is 0 Å². The molecule has 0 radical (unpaired) electrons. The second-order valence-electron chi connectivity index (χ2n) is 8.01. The number of amides is 3. The largest absolute Gasteiger partial charge is 0.416 e. The minimum Gasteiger partial charge on any atom is -0.372 e. The van der Waals surface area contributed by atoms with Crippen molar-refractivity contribution in [2.75, 3.05) is 19.6 Å². The van der Waals surface area contributed by atoms with Gasteiger partial charge in [-0.05, 0) is 32.4 Å². The molecule has 1 aromatic rings. The maximum absolute atomic E-state index is 13.3. The van der Waals surface area contributed by atoms with Crippen molar-refractivity contribution in [3.8, 4) is 0 Å². The second-order valence-corrected chi connectivity index (χ2v) is 8.01. The third-order valence-electron chi connectivity index (χ3n) is 5.69. The Morgan fingerprint density at radius 3 is 2.37 bits per heavy atom. The molecule has 0 aromatic heterocycles. The number of rotatable bonds is 4. The number of hydrogen-bond donors (Lipinski definition) is 0. The number of halogens is 3. The zero-order valence-corrected chi connectivity index (χ0v) is 17.2. The summed E-state index contributed by atoms with van der Waals surface area (Å²) in [6, 6.07) is 4.37. The van der Waals surface area contributed by atoms with Crippen molar-refractivity contribution in [1.29, 1.82) is 0 Å². The first-order valence-corrected chi connectivity index (χ1v) is 9.93. The van der Waals surface area contributed by atoms with Gasteiger partial charge in [0.25, 0.3) is 0 Å². The summed E-state index contributed by atoms with van der Waals surface area (Å²) in [6.07, 6.45) is -5.70. The van der Waals surface area contributed by atoms with Crippen LogP contribution in [-0.4, -0.2) is 59.4 Å². The number of alkyl halides is 3. The van der Waals surface area contributed by atoms with Crippen molar-refractivity contribution in [3.05, 3.63) is 35.4 Å². The highest BCUT2D eigenvalue weighted by atomic mass is 19.4. The van der Waals surface area contributed by atoms with Crippen LogP contribution < -0.4 is 0 Å². The minimum atomic E-state index is -4.60. The van der Waals surface area contributed by atoms with Crippen molar-refractivity contribution in [1.82, 2.24) is 9.80 Å². The highest BCUT2D eigenvalue weighted by Crippen LogP contribution is 2.42. The van der Waals surface area contributed by atoms with Crippen LogP contribution in [0.3, 0.4) is 0 Å². The quantitative estimate of drug-likeness (QED) is 0.695. The van der Waals surface area contributed by atoms with Crippen LogP contribution in [0.2, 0.25) is 0 Å². The molecular formula is C21H25F3N2O4. The monoisotopic (exact) mass is 426 g/mol. The van der Waals surface area contributed by atoms with Crippen LogP contribution in [0, 0.1) is 0 Å². The standard InChI is InChI=1S/C21H25F3N2O4/c1-4-26-18(28)10-20(19(26)29,15-6-5-7-16(8-15)21(22,23)24)9-17(27)25-11-13(2)30-14(3)12-25/h5-8,13-14H,4,9-12H2,1-3H3/t13-,14+,20?. The second kappa shape index (κ2) is 8.02. The van der Waals surface area contributed by atoms with E-state index in [0.717, 1.165) is 17.0 Å². The van der Waals surface area contributed by atoms with Gasteiger partial charge in [-0.3, -0.25) is 19.3 Å². The summed E-state index contributed by atoms with van der Waals surface area (Å²) in [4.78, 5) is 41.4. The minimum absolute atomic E-state index is 0.0364. The molecule has 0 aliphatic carbocycles. The summed E-state index contributed by atoms with van der Waals surface area (Å²) in [5.41, 5.74) is -2.53. The number of imide groups is 1. The molecule has 30 heavy (non-hydrogen) atoms. The predicted molar refractivity (Wildman–Crippen MR) is 101 cm³/mol. The van der Waals surface area contributed by atoms with Gasteiger partial charge in [0, 0.05) is 32.5 Å². The van der Waals surface area contributed by atoms with Crippen LogP contribution >= 0.6 is 0 Å². The lowest BCUT2D eigenvalue weighted by Gasteiger charge is -2.37. The number of morpholine rings is 1. The van der Waals surface area contributed by atoms with E-state index in [1.807, 2.05) is 13.8 Å². The van der Waals surface area contributed by atoms with E-state index < -0.39 is 29.0 Å². The zero-order valence-electron chi connectivity index (χ0n) is 17.2. The third kappa shape index (κ3) is 4.08. The van der Waals surface area contributed by atoms with Crippen LogP contribution in [0.25, 0.3) is 0 Å². The zero-order chi connectivity index (χ0) is 22.3. The summed E-state index contributed by atoms with van der Waals surface area (Å²) in [5.74, 6) is -1.50. The molecule has 1 aromatic carbocycles. The highest BCUT2D eigenvalue weighted by molar-refractivity contribution is 6.10. The van der Waals surface area contributed by atoms with Crippen molar-refractivity contribution in [3.63, 3.8) is 0 Å². The highest BCUT2D eigenvalue weighted by Gasteiger charge is 2.54. The number of likely N-dealkylation sites (N-methyl/N-ethyl adjacent to an activating group) is 1. The van der Waals surface area contributed by atoms with E-state index in [4.69, 9.17) is 4.74 Å². The van der Waals surface area contributed by atoms with Crippen molar-refractivity contribution < 1.29 is 32.3 Å². The van der Waals surface area contributed by atoms with E-state index in [-0.39, 0.29) is 43.1 Å². The van der Waals surface area contributed by atoms with Gasteiger partial charge in [0.05, 0.1) is 23.2 Å². The molecule has 164 valence electrons. The van der Waals surface area contributed by atoms with Crippen LogP contribution in [0.15, 0.2) is 24.3 Å². The summed E-state index contributed by atoms with van der Waals surface area (Å²) in [5, 5.41) is 0. The fourth-order valence-electron chi connectivity index (χ4n) is 4.33. The normalized spacial score (nSPS) is 27.7. The smallest absolute Gasteiger partial charge is 0.372 e. The topological polar surface area (TPSA) is 66.9 Å². The first-order valence-electron chi connectivity index (χ1n) is 9.93. The average molecular weight is 426 g/mol. The Hall–Kier alpha value is -2.42. The summed E-state index contributed by atoms with van der Waals surface area (Å²) in [7, 11) is 0. The molecule has 0 spiro atoms. The third-order valence-corrected chi connectivity index (χ3v) is 5.69. The fraction of sp³-hybridized carbons (Fsp3) is 0.571. The van der Waals surface area contributed by atoms with E-state index in [0.29, 0.717) is 13.1 Å². The van der Waals surface area contributed by atoms with E-state index in [1.54, 1.807) is 11.8 Å². The first kappa shape index (κ1) is 22.3. The molecule has 2 heterocycles. The lowest BCUT2D eigenvalue weighted by Crippen LogP contribution is -2.50. The van der Waals surface area contributed by atoms with E-state index in [9.17, 15) is 27.6 Å². The van der Waals surface area contributed by atoms with Crippen LogP contribution in [0.1, 0.15) is 44.7 Å². The molecule has 0 bridgehead atoms. The Balaban J connectivity index is 2.01. The van der Waals surface area contributed by atoms with E-state index >= 15 is 0 Å². The van der Waals surface area contributed by atoms with E-state index in [1.165, 1.54) is 12.1 Å². The molecule has 0 saturated carbocycles. The van der Waals surface area contributed by atoms with Gasteiger partial charge in [0.1, 0.15) is 0 Å².